The first kappa shape index (κ1) is 18.2. The standard InChI is InChI=1S/C17H23N3O4S/c21-17(15-4-1-2-5-16(15)20(22)23)19-6-3-11-25-13-14(19)12-18-7-9-24-10-8-18/h1-2,4-5,14H,3,6-13H2. The molecule has 1 amide bonds. The number of nitro benzene ring substituents is 1. The summed E-state index contributed by atoms with van der Waals surface area (Å²) in [6, 6.07) is 6.31. The van der Waals surface area contributed by atoms with Crippen LogP contribution in [0.15, 0.2) is 24.3 Å². The zero-order valence-electron chi connectivity index (χ0n) is 14.1. The summed E-state index contributed by atoms with van der Waals surface area (Å²) in [7, 11) is 0. The van der Waals surface area contributed by atoms with Crippen molar-refractivity contribution in [3.63, 3.8) is 0 Å². The van der Waals surface area contributed by atoms with Crippen molar-refractivity contribution in [1.82, 2.24) is 9.80 Å². The van der Waals surface area contributed by atoms with Crippen LogP contribution in [0.25, 0.3) is 0 Å². The van der Waals surface area contributed by atoms with E-state index in [2.05, 4.69) is 4.90 Å². The Balaban J connectivity index is 1.80. The number of nitrogens with zero attached hydrogens (tertiary/aromatic N) is 3. The summed E-state index contributed by atoms with van der Waals surface area (Å²) in [5.41, 5.74) is 0.0703. The van der Waals surface area contributed by atoms with Gasteiger partial charge in [0.25, 0.3) is 11.6 Å². The van der Waals surface area contributed by atoms with Gasteiger partial charge in [-0.1, -0.05) is 12.1 Å². The third kappa shape index (κ3) is 4.50. The number of hydrogen-bond donors (Lipinski definition) is 0. The Morgan fingerprint density at radius 3 is 2.80 bits per heavy atom. The molecule has 1 aromatic rings. The zero-order chi connectivity index (χ0) is 17.6. The Kier molecular flexibility index (Phi) is 6.28. The molecule has 0 spiro atoms. The third-order valence-corrected chi connectivity index (χ3v) is 5.80. The number of carbonyl (C=O) groups is 1. The van der Waals surface area contributed by atoms with Crippen LogP contribution in [0.1, 0.15) is 16.8 Å². The van der Waals surface area contributed by atoms with E-state index in [9.17, 15) is 14.9 Å². The van der Waals surface area contributed by atoms with Crippen molar-refractivity contribution in [3.05, 3.63) is 39.9 Å². The van der Waals surface area contributed by atoms with Gasteiger partial charge in [-0.15, -0.1) is 0 Å². The van der Waals surface area contributed by atoms with Gasteiger partial charge in [-0.3, -0.25) is 19.8 Å². The summed E-state index contributed by atoms with van der Waals surface area (Å²) in [5.74, 6) is 1.65. The summed E-state index contributed by atoms with van der Waals surface area (Å²) in [6.45, 7) is 4.62. The van der Waals surface area contributed by atoms with Crippen LogP contribution in [0, 0.1) is 10.1 Å². The fourth-order valence-corrected chi connectivity index (χ4v) is 4.36. The largest absolute Gasteiger partial charge is 0.379 e. The van der Waals surface area contributed by atoms with Gasteiger partial charge in [-0.2, -0.15) is 11.8 Å². The van der Waals surface area contributed by atoms with E-state index in [0.29, 0.717) is 6.54 Å². The summed E-state index contributed by atoms with van der Waals surface area (Å²) >= 11 is 1.85. The molecule has 0 aliphatic carbocycles. The molecule has 2 heterocycles. The highest BCUT2D eigenvalue weighted by Gasteiger charge is 2.31. The Hall–Kier alpha value is -1.64. The smallest absolute Gasteiger partial charge is 0.282 e. The van der Waals surface area contributed by atoms with Crippen LogP contribution in [0.3, 0.4) is 0 Å². The van der Waals surface area contributed by atoms with Crippen molar-refractivity contribution >= 4 is 23.4 Å². The fraction of sp³-hybridized carbons (Fsp3) is 0.588. The topological polar surface area (TPSA) is 75.9 Å². The number of ether oxygens (including phenoxy) is 1. The lowest BCUT2D eigenvalue weighted by atomic mass is 10.1. The third-order valence-electron chi connectivity index (χ3n) is 4.60. The van der Waals surface area contributed by atoms with Gasteiger partial charge in [-0.05, 0) is 18.2 Å². The molecule has 8 heteroatoms. The lowest BCUT2D eigenvalue weighted by molar-refractivity contribution is -0.385. The Morgan fingerprint density at radius 2 is 2.04 bits per heavy atom. The van der Waals surface area contributed by atoms with E-state index in [1.54, 1.807) is 18.2 Å². The summed E-state index contributed by atoms with van der Waals surface area (Å²) in [5, 5.41) is 11.3. The number of morpholine rings is 1. The molecular formula is C17H23N3O4S. The van der Waals surface area contributed by atoms with Gasteiger partial charge in [0.1, 0.15) is 5.56 Å². The fourth-order valence-electron chi connectivity index (χ4n) is 3.30. The predicted molar refractivity (Wildman–Crippen MR) is 97.1 cm³/mol. The predicted octanol–water partition coefficient (Wildman–Crippen LogP) is 1.87. The first-order valence-electron chi connectivity index (χ1n) is 8.59. The van der Waals surface area contributed by atoms with Gasteiger partial charge >= 0.3 is 0 Å². The molecule has 0 saturated carbocycles. The van der Waals surface area contributed by atoms with E-state index in [-0.39, 0.29) is 23.2 Å². The van der Waals surface area contributed by atoms with Gasteiger partial charge < -0.3 is 9.64 Å². The van der Waals surface area contributed by atoms with Gasteiger partial charge in [0.2, 0.25) is 0 Å². The van der Waals surface area contributed by atoms with Crippen molar-refractivity contribution in [2.24, 2.45) is 0 Å². The molecule has 2 aliphatic heterocycles. The maximum Gasteiger partial charge on any atom is 0.282 e. The zero-order valence-corrected chi connectivity index (χ0v) is 15.0. The second-order valence-corrected chi connectivity index (χ2v) is 7.42. The highest BCUT2D eigenvalue weighted by Crippen LogP contribution is 2.24. The van der Waals surface area contributed by atoms with Gasteiger partial charge in [0, 0.05) is 38.0 Å². The maximum atomic E-state index is 13.1. The molecule has 7 nitrogen and oxygen atoms in total. The van der Waals surface area contributed by atoms with Crippen molar-refractivity contribution in [3.8, 4) is 0 Å². The minimum absolute atomic E-state index is 0.0675. The molecule has 0 bridgehead atoms. The van der Waals surface area contributed by atoms with Crippen molar-refractivity contribution in [2.75, 3.05) is 50.9 Å². The first-order chi connectivity index (χ1) is 12.2. The van der Waals surface area contributed by atoms with Crippen molar-refractivity contribution < 1.29 is 14.5 Å². The normalized spacial score (nSPS) is 22.4. The molecule has 2 fully saturated rings. The van der Waals surface area contributed by atoms with E-state index < -0.39 is 4.92 Å². The lowest BCUT2D eigenvalue weighted by Crippen LogP contribution is -2.50. The van der Waals surface area contributed by atoms with Gasteiger partial charge in [0.15, 0.2) is 0 Å². The number of thioether (sulfide) groups is 1. The van der Waals surface area contributed by atoms with Crippen LogP contribution in [-0.4, -0.2) is 77.6 Å². The Morgan fingerprint density at radius 1 is 1.28 bits per heavy atom. The van der Waals surface area contributed by atoms with Crippen molar-refractivity contribution in [2.45, 2.75) is 12.5 Å². The molecule has 2 aliphatic rings. The molecule has 25 heavy (non-hydrogen) atoms. The number of carbonyl (C=O) groups excluding carboxylic acids is 1. The van der Waals surface area contributed by atoms with Crippen molar-refractivity contribution in [1.29, 1.82) is 0 Å². The second kappa shape index (κ2) is 8.64. The number of para-hydroxylation sites is 1. The minimum atomic E-state index is -0.475. The van der Waals surface area contributed by atoms with Crippen LogP contribution < -0.4 is 0 Å². The number of amides is 1. The molecule has 1 atom stereocenters. The minimum Gasteiger partial charge on any atom is -0.379 e. The quantitative estimate of drug-likeness (QED) is 0.599. The summed E-state index contributed by atoms with van der Waals surface area (Å²) in [6.07, 6.45) is 0.913. The number of rotatable bonds is 4. The monoisotopic (exact) mass is 365 g/mol. The first-order valence-corrected chi connectivity index (χ1v) is 9.74. The van der Waals surface area contributed by atoms with Gasteiger partial charge in [-0.25, -0.2) is 0 Å². The van der Waals surface area contributed by atoms with Crippen LogP contribution in [0.2, 0.25) is 0 Å². The van der Waals surface area contributed by atoms with E-state index in [1.807, 2.05) is 16.7 Å². The molecule has 136 valence electrons. The summed E-state index contributed by atoms with van der Waals surface area (Å²) in [4.78, 5) is 28.1. The number of hydrogen-bond acceptors (Lipinski definition) is 6. The van der Waals surface area contributed by atoms with E-state index in [4.69, 9.17) is 4.74 Å². The molecule has 3 rings (SSSR count). The average molecular weight is 365 g/mol. The van der Waals surface area contributed by atoms with E-state index in [1.165, 1.54) is 6.07 Å². The van der Waals surface area contributed by atoms with Gasteiger partial charge in [0.05, 0.1) is 24.2 Å². The Bertz CT molecular complexity index is 622. The highest BCUT2D eigenvalue weighted by atomic mass is 32.2. The highest BCUT2D eigenvalue weighted by molar-refractivity contribution is 7.99. The molecule has 0 radical (unpaired) electrons. The second-order valence-electron chi connectivity index (χ2n) is 6.27. The van der Waals surface area contributed by atoms with Crippen LogP contribution >= 0.6 is 11.8 Å². The molecular weight excluding hydrogens is 342 g/mol. The number of nitro groups is 1. The van der Waals surface area contributed by atoms with E-state index >= 15 is 0 Å². The Labute approximate surface area is 151 Å². The molecule has 0 N–H and O–H groups in total. The van der Waals surface area contributed by atoms with Crippen LogP contribution in [0.5, 0.6) is 0 Å². The van der Waals surface area contributed by atoms with E-state index in [0.717, 1.165) is 50.8 Å². The van der Waals surface area contributed by atoms with Crippen LogP contribution in [-0.2, 0) is 4.74 Å². The molecule has 0 aromatic heterocycles. The summed E-state index contributed by atoms with van der Waals surface area (Å²) < 4.78 is 5.40. The molecule has 2 saturated heterocycles. The maximum absolute atomic E-state index is 13.1. The molecule has 1 unspecified atom stereocenters. The molecule has 1 aromatic carbocycles. The lowest BCUT2D eigenvalue weighted by Gasteiger charge is -2.35. The number of benzene rings is 1. The SMILES string of the molecule is O=C(c1ccccc1[N+](=O)[O-])N1CCCSCC1CN1CCOCC1. The van der Waals surface area contributed by atoms with Crippen LogP contribution in [0.4, 0.5) is 5.69 Å². The average Bonchev–Trinajstić information content (AvgIpc) is 2.87.